The Labute approximate surface area is 285 Å². The molecule has 6 nitrogen and oxygen atoms in total. The molecule has 1 aromatic heterocycles. The fourth-order valence-electron chi connectivity index (χ4n) is 6.88. The molecule has 0 spiro atoms. The number of hydrogen-bond acceptors (Lipinski definition) is 6. The minimum Gasteiger partial charge on any atom is -0.466 e. The third-order valence-corrected chi connectivity index (χ3v) is 10.4. The quantitative estimate of drug-likeness (QED) is 0.0507. The van der Waals surface area contributed by atoms with Gasteiger partial charge in [0.05, 0.1) is 25.2 Å². The Kier molecular flexibility index (Phi) is 11.9. The highest BCUT2D eigenvalue weighted by molar-refractivity contribution is 7.18. The molecule has 0 amide bonds. The van der Waals surface area contributed by atoms with E-state index in [9.17, 15) is 4.79 Å². The van der Waals surface area contributed by atoms with Crippen molar-refractivity contribution in [2.24, 2.45) is 5.41 Å². The Morgan fingerprint density at radius 2 is 1.85 bits per heavy atom. The molecule has 3 aromatic rings. The zero-order chi connectivity index (χ0) is 33.3. The highest BCUT2D eigenvalue weighted by Crippen LogP contribution is 2.50. The molecule has 1 saturated heterocycles. The van der Waals surface area contributed by atoms with E-state index < -0.39 is 0 Å². The molecule has 1 fully saturated rings. The molecule has 47 heavy (non-hydrogen) atoms. The topological polar surface area (TPSA) is 51.9 Å². The number of aromatic nitrogens is 1. The molecular weight excluding hydrogens is 605 g/mol. The van der Waals surface area contributed by atoms with E-state index in [1.807, 2.05) is 24.3 Å². The predicted molar refractivity (Wildman–Crippen MR) is 193 cm³/mol. The van der Waals surface area contributed by atoms with Gasteiger partial charge in [0.15, 0.2) is 12.8 Å². The Balaban J connectivity index is 1.37. The molecule has 0 radical (unpaired) electrons. The summed E-state index contributed by atoms with van der Waals surface area (Å²) in [6, 6.07) is 17.4. The number of anilines is 1. The van der Waals surface area contributed by atoms with Crippen molar-refractivity contribution in [1.82, 2.24) is 0 Å². The molecule has 1 unspecified atom stereocenters. The summed E-state index contributed by atoms with van der Waals surface area (Å²) >= 11 is 1.81. The van der Waals surface area contributed by atoms with Crippen LogP contribution in [0.15, 0.2) is 91.2 Å². The van der Waals surface area contributed by atoms with Crippen LogP contribution < -0.4 is 9.47 Å². The number of nitrogens with zero attached hydrogens (tertiary/aromatic N) is 2. The van der Waals surface area contributed by atoms with Gasteiger partial charge in [-0.05, 0) is 70.7 Å². The summed E-state index contributed by atoms with van der Waals surface area (Å²) in [6.45, 7) is 16.1. The summed E-state index contributed by atoms with van der Waals surface area (Å²) in [5, 5.41) is 1.20. The van der Waals surface area contributed by atoms with Gasteiger partial charge in [-0.3, -0.25) is 4.79 Å². The van der Waals surface area contributed by atoms with Crippen LogP contribution in [0.4, 0.5) is 5.69 Å². The van der Waals surface area contributed by atoms with Gasteiger partial charge in [-0.15, -0.1) is 6.58 Å². The molecule has 2 aliphatic rings. The van der Waals surface area contributed by atoms with Gasteiger partial charge in [0.1, 0.15) is 4.70 Å². The zero-order valence-electron chi connectivity index (χ0n) is 28.6. The van der Waals surface area contributed by atoms with Crippen molar-refractivity contribution < 1.29 is 23.6 Å². The lowest BCUT2D eigenvalue weighted by Crippen LogP contribution is -2.47. The first-order chi connectivity index (χ1) is 22.8. The molecule has 0 aliphatic carbocycles. The lowest BCUT2D eigenvalue weighted by molar-refractivity contribution is -0.684. The summed E-state index contributed by atoms with van der Waals surface area (Å²) in [5.74, 6) is -0.0963. The number of unbranched alkanes of at least 4 members (excludes halogenated alkanes) is 2. The maximum Gasteiger partial charge on any atom is 0.305 e. The molecule has 0 N–H and O–H groups in total. The van der Waals surface area contributed by atoms with Crippen molar-refractivity contribution >= 4 is 39.3 Å². The standard InChI is InChI=1S/C40H51N2O4S/c1-6-8-27-41-32-20-15-14-19-31(32)40(5,26-18-10-13-25-37(43)44-7-2)35(41)23-11-9-12-24-36-42(33-21-16-17-22-34(33)47-36)30-39(3,4)38-45-28-29-46-38/h6,9,11-12,14-17,19-24,38H,1,7-8,10,13,18,25-30H2,2-5H3/q+1. The van der Waals surface area contributed by atoms with E-state index >= 15 is 0 Å². The summed E-state index contributed by atoms with van der Waals surface area (Å²) in [7, 11) is 0. The maximum absolute atomic E-state index is 11.9. The highest BCUT2D eigenvalue weighted by Gasteiger charge is 2.42. The largest absolute Gasteiger partial charge is 0.466 e. The number of benzene rings is 2. The fraction of sp³-hybridized carbons (Fsp3) is 0.450. The van der Waals surface area contributed by atoms with Crippen molar-refractivity contribution in [3.05, 3.63) is 102 Å². The fourth-order valence-corrected chi connectivity index (χ4v) is 7.95. The lowest BCUT2D eigenvalue weighted by atomic mass is 9.77. The Bertz CT molecular complexity index is 1610. The second-order valence-corrected chi connectivity index (χ2v) is 14.4. The highest BCUT2D eigenvalue weighted by atomic mass is 32.1. The van der Waals surface area contributed by atoms with Gasteiger partial charge in [-0.25, -0.2) is 0 Å². The summed E-state index contributed by atoms with van der Waals surface area (Å²) in [6.07, 6.45) is 18.1. The van der Waals surface area contributed by atoms with Crippen LogP contribution in [0.25, 0.3) is 16.3 Å². The monoisotopic (exact) mass is 655 g/mol. The molecule has 5 rings (SSSR count). The first-order valence-electron chi connectivity index (χ1n) is 17.1. The Morgan fingerprint density at radius 1 is 1.09 bits per heavy atom. The molecule has 2 aromatic carbocycles. The first kappa shape index (κ1) is 34.8. The van der Waals surface area contributed by atoms with Gasteiger partial charge >= 0.3 is 5.97 Å². The maximum atomic E-state index is 11.9. The van der Waals surface area contributed by atoms with Crippen molar-refractivity contribution in [2.75, 3.05) is 31.3 Å². The predicted octanol–water partition coefficient (Wildman–Crippen LogP) is 8.91. The molecule has 2 aliphatic heterocycles. The van der Waals surface area contributed by atoms with Crippen molar-refractivity contribution in [2.45, 2.75) is 84.5 Å². The summed E-state index contributed by atoms with van der Waals surface area (Å²) in [5.41, 5.74) is 4.89. The number of allylic oxidation sites excluding steroid dienone is 5. The van der Waals surface area contributed by atoms with Gasteiger partial charge < -0.3 is 19.1 Å². The van der Waals surface area contributed by atoms with E-state index in [-0.39, 0.29) is 23.1 Å². The van der Waals surface area contributed by atoms with Crippen LogP contribution in [0.2, 0.25) is 0 Å². The number of hydrogen-bond donors (Lipinski definition) is 0. The van der Waals surface area contributed by atoms with Crippen molar-refractivity contribution in [3.63, 3.8) is 0 Å². The molecule has 3 heterocycles. The zero-order valence-corrected chi connectivity index (χ0v) is 29.4. The number of carbonyl (C=O) groups is 1. The Hall–Kier alpha value is -3.52. The van der Waals surface area contributed by atoms with Crippen LogP contribution >= 0.6 is 11.3 Å². The van der Waals surface area contributed by atoms with Crippen LogP contribution in [-0.2, 0) is 31.0 Å². The summed E-state index contributed by atoms with van der Waals surface area (Å²) < 4.78 is 20.6. The van der Waals surface area contributed by atoms with E-state index in [0.717, 1.165) is 45.2 Å². The van der Waals surface area contributed by atoms with Gasteiger partial charge in [0.25, 0.3) is 5.01 Å². The molecule has 250 valence electrons. The number of thiazole rings is 1. The number of carbonyl (C=O) groups excluding carboxylic acids is 1. The van der Waals surface area contributed by atoms with E-state index in [0.29, 0.717) is 26.2 Å². The SMILES string of the molecule is C=CCCN1/C(=C/C=C/C=C/c2sc3ccccc3[n+]2CC(C)(C)C2OCCO2)C(C)(CCCCCC(=O)OCC)c2ccccc21. The number of rotatable bonds is 16. The summed E-state index contributed by atoms with van der Waals surface area (Å²) in [4.78, 5) is 14.3. The minimum atomic E-state index is -0.205. The van der Waals surface area contributed by atoms with Crippen molar-refractivity contribution in [1.29, 1.82) is 0 Å². The van der Waals surface area contributed by atoms with E-state index in [1.165, 1.54) is 32.2 Å². The first-order valence-corrected chi connectivity index (χ1v) is 17.9. The molecule has 0 saturated carbocycles. The molecule has 1 atom stereocenters. The Morgan fingerprint density at radius 3 is 2.64 bits per heavy atom. The second-order valence-electron chi connectivity index (χ2n) is 13.3. The van der Waals surface area contributed by atoms with Gasteiger partial charge in [-0.2, -0.15) is 4.57 Å². The van der Waals surface area contributed by atoms with Gasteiger partial charge in [0, 0.05) is 41.9 Å². The number of para-hydroxylation sites is 2. The average Bonchev–Trinajstić information content (AvgIpc) is 3.78. The second kappa shape index (κ2) is 16.1. The molecular formula is C40H51N2O4S+. The van der Waals surface area contributed by atoms with E-state index in [1.54, 1.807) is 0 Å². The number of esters is 1. The average molecular weight is 656 g/mol. The van der Waals surface area contributed by atoms with Gasteiger partial charge in [0.2, 0.25) is 5.52 Å². The van der Waals surface area contributed by atoms with Crippen LogP contribution in [0.3, 0.4) is 0 Å². The van der Waals surface area contributed by atoms with Crippen LogP contribution in [-0.4, -0.2) is 38.6 Å². The van der Waals surface area contributed by atoms with Gasteiger partial charge in [-0.1, -0.05) is 78.8 Å². The van der Waals surface area contributed by atoms with Crippen LogP contribution in [0, 0.1) is 5.41 Å². The normalized spacial score (nSPS) is 19.5. The van der Waals surface area contributed by atoms with Crippen LogP contribution in [0.5, 0.6) is 0 Å². The van der Waals surface area contributed by atoms with E-state index in [4.69, 9.17) is 14.2 Å². The van der Waals surface area contributed by atoms with Crippen molar-refractivity contribution in [3.8, 4) is 0 Å². The molecule has 7 heteroatoms. The third-order valence-electron chi connectivity index (χ3n) is 9.24. The minimum absolute atomic E-state index is 0.0963. The van der Waals surface area contributed by atoms with Crippen LogP contribution in [0.1, 0.15) is 76.8 Å². The van der Waals surface area contributed by atoms with E-state index in [2.05, 4.69) is 116 Å². The molecule has 0 bridgehead atoms. The third kappa shape index (κ3) is 8.14. The number of ether oxygens (including phenoxy) is 3. The smallest absolute Gasteiger partial charge is 0.305 e. The lowest BCUT2D eigenvalue weighted by Gasteiger charge is -2.30. The number of fused-ring (bicyclic) bond motifs is 2.